The molecule has 0 bridgehead atoms. The van der Waals surface area contributed by atoms with Crippen molar-refractivity contribution in [3.05, 3.63) is 68.9 Å². The highest BCUT2D eigenvalue weighted by atomic mass is 35.5. The molecule has 2 N–H and O–H groups in total. The molecule has 3 rings (SSSR count). The summed E-state index contributed by atoms with van der Waals surface area (Å²) >= 11 is 12.2. The summed E-state index contributed by atoms with van der Waals surface area (Å²) in [5.74, 6) is -0.487. The van der Waals surface area contributed by atoms with Crippen LogP contribution in [0.4, 0.5) is 0 Å². The van der Waals surface area contributed by atoms with Crippen molar-refractivity contribution >= 4 is 29.2 Å². The quantitative estimate of drug-likeness (QED) is 0.708. The molecule has 1 aliphatic heterocycles. The summed E-state index contributed by atoms with van der Waals surface area (Å²) < 4.78 is 16.5. The summed E-state index contributed by atoms with van der Waals surface area (Å²) in [5, 5.41) is 10.5. The van der Waals surface area contributed by atoms with Gasteiger partial charge in [-0.1, -0.05) is 23.2 Å². The molecule has 0 amide bonds. The number of furan rings is 1. The number of nitrogens with two attached hydrogens (primary N) is 1. The Bertz CT molecular complexity index is 1050. The topological polar surface area (TPSA) is 98.5 Å². The van der Waals surface area contributed by atoms with Gasteiger partial charge in [0.1, 0.15) is 28.9 Å². The normalized spacial score (nSPS) is 16.6. The van der Waals surface area contributed by atoms with Crippen LogP contribution in [0, 0.1) is 11.3 Å². The third-order valence-electron chi connectivity index (χ3n) is 4.21. The van der Waals surface area contributed by atoms with Gasteiger partial charge in [0.15, 0.2) is 0 Å². The third-order valence-corrected chi connectivity index (χ3v) is 4.76. The smallest absolute Gasteiger partial charge is 0.338 e. The maximum Gasteiger partial charge on any atom is 0.338 e. The maximum absolute atomic E-state index is 12.5. The first kappa shape index (κ1) is 19.9. The van der Waals surface area contributed by atoms with Gasteiger partial charge in [0.25, 0.3) is 0 Å². The molecule has 1 aliphatic rings. The van der Waals surface area contributed by atoms with Crippen LogP contribution in [0.15, 0.2) is 57.5 Å². The van der Waals surface area contributed by atoms with E-state index in [1.807, 2.05) is 6.07 Å². The second-order valence-corrected chi connectivity index (χ2v) is 6.78. The van der Waals surface area contributed by atoms with Gasteiger partial charge < -0.3 is 19.6 Å². The van der Waals surface area contributed by atoms with Crippen LogP contribution in [0.3, 0.4) is 0 Å². The lowest BCUT2D eigenvalue weighted by Crippen LogP contribution is -2.25. The highest BCUT2D eigenvalue weighted by Crippen LogP contribution is 2.42. The number of hydrogen-bond donors (Lipinski definition) is 1. The Kier molecular flexibility index (Phi) is 5.68. The van der Waals surface area contributed by atoms with Crippen LogP contribution in [0.1, 0.15) is 25.5 Å². The fourth-order valence-corrected chi connectivity index (χ4v) is 3.48. The van der Waals surface area contributed by atoms with E-state index in [4.69, 9.17) is 42.8 Å². The molecule has 144 valence electrons. The Morgan fingerprint density at radius 1 is 1.32 bits per heavy atom. The molecule has 6 nitrogen and oxygen atoms in total. The van der Waals surface area contributed by atoms with E-state index in [0.717, 1.165) is 0 Å². The highest BCUT2D eigenvalue weighted by molar-refractivity contribution is 6.36. The van der Waals surface area contributed by atoms with E-state index >= 15 is 0 Å². The Morgan fingerprint density at radius 2 is 2.07 bits per heavy atom. The van der Waals surface area contributed by atoms with Crippen molar-refractivity contribution in [3.8, 4) is 17.4 Å². The molecule has 2 aromatic rings. The molecule has 1 aromatic heterocycles. The number of nitriles is 1. The van der Waals surface area contributed by atoms with Gasteiger partial charge in [0, 0.05) is 10.6 Å². The van der Waals surface area contributed by atoms with Gasteiger partial charge in [0.2, 0.25) is 5.88 Å². The van der Waals surface area contributed by atoms with Gasteiger partial charge in [-0.25, -0.2) is 4.79 Å². The Hall–Kier alpha value is -2.88. The van der Waals surface area contributed by atoms with Crippen LogP contribution in [0.5, 0.6) is 0 Å². The van der Waals surface area contributed by atoms with Gasteiger partial charge in [0.05, 0.1) is 23.1 Å². The highest BCUT2D eigenvalue weighted by Gasteiger charge is 2.38. The monoisotopic (exact) mass is 418 g/mol. The standard InChI is InChI=1S/C20H16Cl2N2O4/c1-3-26-20(25)17-10(2)27-19(24)13(9-23)18(17)16-7-6-15(28-16)12-5-4-11(21)8-14(12)22/h4-8,18H,3,24H2,1-2H3/t18-/m0/s1. The number of esters is 1. The van der Waals surface area contributed by atoms with Crippen molar-refractivity contribution in [3.63, 3.8) is 0 Å². The molecule has 0 aliphatic carbocycles. The molecule has 0 radical (unpaired) electrons. The van der Waals surface area contributed by atoms with E-state index in [2.05, 4.69) is 0 Å². The lowest BCUT2D eigenvalue weighted by Gasteiger charge is -2.25. The van der Waals surface area contributed by atoms with Gasteiger partial charge in [-0.3, -0.25) is 0 Å². The minimum atomic E-state index is -0.849. The number of nitrogens with zero attached hydrogens (tertiary/aromatic N) is 1. The van der Waals surface area contributed by atoms with Crippen molar-refractivity contribution in [2.24, 2.45) is 5.73 Å². The lowest BCUT2D eigenvalue weighted by molar-refractivity contribution is -0.139. The summed E-state index contributed by atoms with van der Waals surface area (Å²) in [6.07, 6.45) is 0. The Balaban J connectivity index is 2.10. The Morgan fingerprint density at radius 3 is 2.71 bits per heavy atom. The fourth-order valence-electron chi connectivity index (χ4n) is 2.98. The van der Waals surface area contributed by atoms with Gasteiger partial charge in [-0.05, 0) is 44.2 Å². The zero-order valence-corrected chi connectivity index (χ0v) is 16.6. The van der Waals surface area contributed by atoms with Crippen molar-refractivity contribution in [1.29, 1.82) is 5.26 Å². The van der Waals surface area contributed by atoms with E-state index in [9.17, 15) is 10.1 Å². The van der Waals surface area contributed by atoms with Crippen LogP contribution in [0.2, 0.25) is 10.0 Å². The van der Waals surface area contributed by atoms with Crippen molar-refractivity contribution in [2.75, 3.05) is 6.61 Å². The number of carbonyl (C=O) groups excluding carboxylic acids is 1. The van der Waals surface area contributed by atoms with Gasteiger partial charge >= 0.3 is 5.97 Å². The minimum absolute atomic E-state index is 0.0664. The second kappa shape index (κ2) is 8.01. The predicted molar refractivity (Wildman–Crippen MR) is 104 cm³/mol. The first-order valence-electron chi connectivity index (χ1n) is 8.38. The zero-order chi connectivity index (χ0) is 20.4. The fraction of sp³-hybridized carbons (Fsp3) is 0.200. The maximum atomic E-state index is 12.5. The van der Waals surface area contributed by atoms with Gasteiger partial charge in [-0.15, -0.1) is 0 Å². The summed E-state index contributed by atoms with van der Waals surface area (Å²) in [6.45, 7) is 3.45. The number of hydrogen-bond acceptors (Lipinski definition) is 6. The average Bonchev–Trinajstić information content (AvgIpc) is 3.10. The van der Waals surface area contributed by atoms with Crippen LogP contribution >= 0.6 is 23.2 Å². The number of allylic oxidation sites excluding steroid dienone is 2. The number of halogens is 2. The molecule has 1 aromatic carbocycles. The third kappa shape index (κ3) is 3.59. The van der Waals surface area contributed by atoms with Gasteiger partial charge in [-0.2, -0.15) is 5.26 Å². The molecule has 0 unspecified atom stereocenters. The minimum Gasteiger partial charge on any atom is -0.463 e. The van der Waals surface area contributed by atoms with E-state index < -0.39 is 11.9 Å². The Labute approximate surface area is 171 Å². The summed E-state index contributed by atoms with van der Waals surface area (Å²) in [6, 6.07) is 10.4. The van der Waals surface area contributed by atoms with E-state index in [1.54, 1.807) is 44.2 Å². The van der Waals surface area contributed by atoms with Crippen molar-refractivity contribution in [2.45, 2.75) is 19.8 Å². The van der Waals surface area contributed by atoms with E-state index in [0.29, 0.717) is 27.1 Å². The molecule has 0 saturated carbocycles. The summed E-state index contributed by atoms with van der Waals surface area (Å²) in [4.78, 5) is 12.5. The molecule has 0 fully saturated rings. The largest absolute Gasteiger partial charge is 0.463 e. The molecule has 8 heteroatoms. The van der Waals surface area contributed by atoms with Crippen molar-refractivity contribution < 1.29 is 18.7 Å². The van der Waals surface area contributed by atoms with Crippen LogP contribution < -0.4 is 5.73 Å². The lowest BCUT2D eigenvalue weighted by atomic mass is 9.87. The number of carbonyl (C=O) groups is 1. The SMILES string of the molecule is CCOC(=O)C1=C(C)OC(N)=C(C#N)[C@H]1c1ccc(-c2ccc(Cl)cc2Cl)o1. The summed E-state index contributed by atoms with van der Waals surface area (Å²) in [7, 11) is 0. The molecule has 0 spiro atoms. The summed E-state index contributed by atoms with van der Waals surface area (Å²) in [5.41, 5.74) is 6.73. The average molecular weight is 419 g/mol. The van der Waals surface area contributed by atoms with Crippen LogP contribution in [-0.4, -0.2) is 12.6 Å². The number of rotatable bonds is 4. The predicted octanol–water partition coefficient (Wildman–Crippen LogP) is 4.90. The van der Waals surface area contributed by atoms with E-state index in [-0.39, 0.29) is 29.4 Å². The van der Waals surface area contributed by atoms with Crippen LogP contribution in [-0.2, 0) is 14.3 Å². The van der Waals surface area contributed by atoms with Crippen LogP contribution in [0.25, 0.3) is 11.3 Å². The molecular weight excluding hydrogens is 403 g/mol. The molecule has 0 saturated heterocycles. The zero-order valence-electron chi connectivity index (χ0n) is 15.1. The van der Waals surface area contributed by atoms with Crippen molar-refractivity contribution in [1.82, 2.24) is 0 Å². The number of benzene rings is 1. The first-order chi connectivity index (χ1) is 13.4. The molecule has 1 atom stereocenters. The second-order valence-electron chi connectivity index (χ2n) is 5.94. The number of ether oxygens (including phenoxy) is 2. The molecular formula is C20H16Cl2N2O4. The molecule has 28 heavy (non-hydrogen) atoms. The van der Waals surface area contributed by atoms with E-state index in [1.165, 1.54) is 0 Å². The molecule has 2 heterocycles. The first-order valence-corrected chi connectivity index (χ1v) is 9.13.